The predicted octanol–water partition coefficient (Wildman–Crippen LogP) is 12.4. The van der Waals surface area contributed by atoms with Crippen molar-refractivity contribution < 1.29 is 14.2 Å². The van der Waals surface area contributed by atoms with Gasteiger partial charge in [0.1, 0.15) is 0 Å². The lowest BCUT2D eigenvalue weighted by atomic mass is 9.59. The summed E-state index contributed by atoms with van der Waals surface area (Å²) in [6, 6.07) is 0. The first-order chi connectivity index (χ1) is 23.8. The van der Waals surface area contributed by atoms with Crippen molar-refractivity contribution >= 4 is 0 Å². The highest BCUT2D eigenvalue weighted by molar-refractivity contribution is 4.94. The topological polar surface area (TPSA) is 27.7 Å². The van der Waals surface area contributed by atoms with Crippen LogP contribution in [-0.4, -0.2) is 38.1 Å². The Kier molecular flexibility index (Phi) is 13.9. The summed E-state index contributed by atoms with van der Waals surface area (Å²) in [5, 5.41) is 0. The van der Waals surface area contributed by atoms with Crippen LogP contribution in [0.3, 0.4) is 0 Å². The minimum absolute atomic E-state index is 0.636. The summed E-state index contributed by atoms with van der Waals surface area (Å²) < 4.78 is 16.5. The number of hydrogen-bond acceptors (Lipinski definition) is 3. The molecule has 10 unspecified atom stereocenters. The molecule has 5 heterocycles. The van der Waals surface area contributed by atoms with Gasteiger partial charge in [-0.1, -0.05) is 75.7 Å². The summed E-state index contributed by atoms with van der Waals surface area (Å²) in [7, 11) is 0. The van der Waals surface area contributed by atoms with Gasteiger partial charge in [-0.25, -0.2) is 0 Å². The van der Waals surface area contributed by atoms with Gasteiger partial charge in [0, 0.05) is 13.2 Å². The molecule has 0 spiro atoms. The minimum Gasteiger partial charge on any atom is -0.381 e. The fourth-order valence-electron chi connectivity index (χ4n) is 13.3. The third-order valence-corrected chi connectivity index (χ3v) is 16.4. The van der Waals surface area contributed by atoms with Gasteiger partial charge in [0.05, 0.1) is 24.9 Å². The number of rotatable bonds is 5. The van der Waals surface area contributed by atoms with Crippen molar-refractivity contribution in [1.82, 2.24) is 0 Å². The largest absolute Gasteiger partial charge is 0.381 e. The summed E-state index contributed by atoms with van der Waals surface area (Å²) in [6.45, 7) is 26.7. The highest BCUT2D eigenvalue weighted by Crippen LogP contribution is 2.52. The standard InChI is InChI=1S/2C10H18.3C9H16O/c1-7(2)10-5-8-3-9(4-8)6-10;1-7(2)10-6-8-3-4-9(10)5-8;1-6(2)9-4-8-3-7(9)5-10-8;1-6(2)9-7-3-8(9)5-10-4-7;1-6(2)7-3-8-5-9(4-7)10-8/h2*7-10H,3-6H2,1-2H3;3*6-9H,3-5H2,1-2H3. The average molecular weight is 697 g/mol. The summed E-state index contributed by atoms with van der Waals surface area (Å²) in [6.07, 6.45) is 22.5. The molecule has 0 radical (unpaired) electrons. The molecule has 5 aliphatic heterocycles. The second kappa shape index (κ2) is 17.6. The minimum atomic E-state index is 0.636. The van der Waals surface area contributed by atoms with Crippen LogP contribution in [0.1, 0.15) is 159 Å². The maximum absolute atomic E-state index is 5.56. The molecule has 0 amide bonds. The quantitative estimate of drug-likeness (QED) is 0.286. The zero-order valence-corrected chi connectivity index (χ0v) is 34.8. The van der Waals surface area contributed by atoms with Crippen molar-refractivity contribution in [1.29, 1.82) is 0 Å². The van der Waals surface area contributed by atoms with E-state index >= 15 is 0 Å². The van der Waals surface area contributed by atoms with Crippen LogP contribution in [0.15, 0.2) is 0 Å². The van der Waals surface area contributed by atoms with Crippen LogP contribution in [0, 0.1) is 101 Å². The van der Waals surface area contributed by atoms with Crippen molar-refractivity contribution in [3.63, 3.8) is 0 Å². The second-order valence-electron chi connectivity index (χ2n) is 21.6. The Bertz CT molecular complexity index is 900. The molecule has 13 fully saturated rings. The summed E-state index contributed by atoms with van der Waals surface area (Å²) in [4.78, 5) is 0. The number of fused-ring (bicyclic) bond motifs is 10. The molecule has 0 aromatic carbocycles. The van der Waals surface area contributed by atoms with Crippen LogP contribution in [-0.2, 0) is 14.2 Å². The molecular formula is C47H84O3. The van der Waals surface area contributed by atoms with Gasteiger partial charge in [-0.15, -0.1) is 0 Å². The van der Waals surface area contributed by atoms with Crippen LogP contribution >= 0.6 is 0 Å². The van der Waals surface area contributed by atoms with Gasteiger partial charge < -0.3 is 14.2 Å². The lowest BCUT2D eigenvalue weighted by molar-refractivity contribution is -0.178. The Labute approximate surface area is 311 Å². The Morgan fingerprint density at radius 2 is 0.940 bits per heavy atom. The van der Waals surface area contributed by atoms with E-state index in [1.54, 1.807) is 51.4 Å². The summed E-state index contributed by atoms with van der Waals surface area (Å²) in [5.74, 6) is 16.9. The maximum Gasteiger partial charge on any atom is 0.0606 e. The van der Waals surface area contributed by atoms with Gasteiger partial charge in [-0.3, -0.25) is 0 Å². The van der Waals surface area contributed by atoms with E-state index in [2.05, 4.69) is 69.2 Å². The Morgan fingerprint density at radius 3 is 1.24 bits per heavy atom. The van der Waals surface area contributed by atoms with E-state index in [0.29, 0.717) is 18.3 Å². The highest BCUT2D eigenvalue weighted by Gasteiger charge is 2.46. The molecule has 0 aromatic rings. The molecular weight excluding hydrogens is 613 g/mol. The number of ether oxygens (including phenoxy) is 3. The molecule has 3 nitrogen and oxygen atoms in total. The van der Waals surface area contributed by atoms with E-state index in [1.807, 2.05) is 0 Å². The highest BCUT2D eigenvalue weighted by atomic mass is 16.5. The van der Waals surface area contributed by atoms with Crippen molar-refractivity contribution in [2.75, 3.05) is 19.8 Å². The molecule has 13 rings (SSSR count). The molecule has 10 bridgehead atoms. The summed E-state index contributed by atoms with van der Waals surface area (Å²) >= 11 is 0. The zero-order chi connectivity index (χ0) is 35.7. The van der Waals surface area contributed by atoms with E-state index in [9.17, 15) is 0 Å². The van der Waals surface area contributed by atoms with Gasteiger partial charge in [-0.05, 0) is 184 Å². The lowest BCUT2D eigenvalue weighted by Crippen LogP contribution is -2.49. The molecule has 8 saturated carbocycles. The molecule has 3 heteroatoms. The molecule has 0 aromatic heterocycles. The Balaban J connectivity index is 0.000000108. The first kappa shape index (κ1) is 39.6. The van der Waals surface area contributed by atoms with Crippen LogP contribution in [0.2, 0.25) is 0 Å². The normalized spacial score (nSPS) is 45.3. The zero-order valence-electron chi connectivity index (χ0n) is 34.8. The molecule has 0 N–H and O–H groups in total. The monoisotopic (exact) mass is 697 g/mol. The van der Waals surface area contributed by atoms with E-state index in [-0.39, 0.29) is 0 Å². The van der Waals surface area contributed by atoms with Crippen LogP contribution in [0.4, 0.5) is 0 Å². The number of hydrogen-bond donors (Lipinski definition) is 0. The lowest BCUT2D eigenvalue weighted by Gasteiger charge is -2.51. The van der Waals surface area contributed by atoms with Gasteiger partial charge in [0.15, 0.2) is 0 Å². The van der Waals surface area contributed by atoms with Gasteiger partial charge in [-0.2, -0.15) is 0 Å². The van der Waals surface area contributed by atoms with E-state index < -0.39 is 0 Å². The smallest absolute Gasteiger partial charge is 0.0606 e. The van der Waals surface area contributed by atoms with Crippen molar-refractivity contribution in [3.05, 3.63) is 0 Å². The van der Waals surface area contributed by atoms with E-state index in [0.717, 1.165) is 120 Å². The Morgan fingerprint density at radius 1 is 0.380 bits per heavy atom. The van der Waals surface area contributed by atoms with Gasteiger partial charge in [0.2, 0.25) is 0 Å². The Hall–Kier alpha value is -0.120. The van der Waals surface area contributed by atoms with E-state index in [4.69, 9.17) is 14.2 Å². The SMILES string of the molecule is CC(C)C1C2COCC1C2.CC(C)C1CC2CC(C1)O2.CC(C)C1CC2CC(C2)C1.CC(C)C1CC2CC1CO2.CC(C)C1CC2CCC1C2. The average Bonchev–Trinajstić information content (AvgIpc) is 3.89. The maximum atomic E-state index is 5.56. The van der Waals surface area contributed by atoms with Crippen molar-refractivity contribution in [2.45, 2.75) is 177 Å². The van der Waals surface area contributed by atoms with Crippen molar-refractivity contribution in [2.24, 2.45) is 101 Å². The van der Waals surface area contributed by atoms with Gasteiger partial charge >= 0.3 is 0 Å². The molecule has 50 heavy (non-hydrogen) atoms. The predicted molar refractivity (Wildman–Crippen MR) is 210 cm³/mol. The molecule has 8 aliphatic carbocycles. The fourth-order valence-corrected chi connectivity index (χ4v) is 13.3. The fraction of sp³-hybridized carbons (Fsp3) is 1.00. The van der Waals surface area contributed by atoms with Crippen LogP contribution in [0.5, 0.6) is 0 Å². The third kappa shape index (κ3) is 9.75. The van der Waals surface area contributed by atoms with E-state index in [1.165, 1.54) is 38.5 Å². The van der Waals surface area contributed by atoms with Crippen molar-refractivity contribution in [3.8, 4) is 0 Å². The molecule has 13 aliphatic rings. The molecule has 5 saturated heterocycles. The summed E-state index contributed by atoms with van der Waals surface area (Å²) in [5.41, 5.74) is 0. The van der Waals surface area contributed by atoms with Gasteiger partial charge in [0.25, 0.3) is 0 Å². The molecule has 290 valence electrons. The first-order valence-corrected chi connectivity index (χ1v) is 22.7. The van der Waals surface area contributed by atoms with Crippen LogP contribution in [0.25, 0.3) is 0 Å². The first-order valence-electron chi connectivity index (χ1n) is 22.7. The molecule has 10 atom stereocenters. The van der Waals surface area contributed by atoms with Crippen LogP contribution < -0.4 is 0 Å². The third-order valence-electron chi connectivity index (χ3n) is 16.4. The second-order valence-corrected chi connectivity index (χ2v) is 21.6.